The van der Waals surface area contributed by atoms with E-state index in [0.717, 1.165) is 13.0 Å². The minimum absolute atomic E-state index is 0.0101. The number of carbonyl (C=O) groups excluding carboxylic acids is 1. The molecule has 2 rings (SSSR count). The Labute approximate surface area is 136 Å². The Bertz CT molecular complexity index is 584. The van der Waals surface area contributed by atoms with Crippen molar-refractivity contribution in [2.75, 3.05) is 36.1 Å². The second kappa shape index (κ2) is 6.47. The zero-order valence-electron chi connectivity index (χ0n) is 14.2. The molecule has 0 spiro atoms. The highest BCUT2D eigenvalue weighted by Gasteiger charge is 2.27. The summed E-state index contributed by atoms with van der Waals surface area (Å²) >= 11 is 0. The molecule has 1 unspecified atom stereocenters. The molecule has 8 heteroatoms. The van der Waals surface area contributed by atoms with Crippen molar-refractivity contribution >= 4 is 23.2 Å². The normalized spacial score (nSPS) is 18.1. The van der Waals surface area contributed by atoms with Crippen LogP contribution in [0, 0.1) is 5.41 Å². The third-order valence-electron chi connectivity index (χ3n) is 3.46. The van der Waals surface area contributed by atoms with E-state index in [-0.39, 0.29) is 29.2 Å². The Morgan fingerprint density at radius 2 is 2.09 bits per heavy atom. The number of ether oxygens (including phenoxy) is 1. The standard InChI is InChI=1S/C15H26N6O2/c1-9(22)18-10-5-6-21(7-10)13-11(16)12(17)19-14(20-13)23-8-15(2,3)4/h10H,5-8,16H2,1-4H3,(H,18,22)(H2,17,19,20). The van der Waals surface area contributed by atoms with E-state index < -0.39 is 0 Å². The summed E-state index contributed by atoms with van der Waals surface area (Å²) in [5.74, 6) is 0.734. The number of anilines is 3. The van der Waals surface area contributed by atoms with Gasteiger partial charge in [0.25, 0.3) is 0 Å². The van der Waals surface area contributed by atoms with Crippen LogP contribution in [0.4, 0.5) is 17.3 Å². The van der Waals surface area contributed by atoms with Gasteiger partial charge in [-0.1, -0.05) is 20.8 Å². The zero-order chi connectivity index (χ0) is 17.2. The maximum absolute atomic E-state index is 11.2. The molecule has 1 atom stereocenters. The lowest BCUT2D eigenvalue weighted by Gasteiger charge is -2.22. The third-order valence-corrected chi connectivity index (χ3v) is 3.46. The van der Waals surface area contributed by atoms with Crippen molar-refractivity contribution in [3.8, 4) is 6.01 Å². The molecule has 1 amide bonds. The third kappa shape index (κ3) is 4.61. The van der Waals surface area contributed by atoms with Crippen LogP contribution >= 0.6 is 0 Å². The first-order valence-electron chi connectivity index (χ1n) is 7.73. The number of carbonyl (C=O) groups is 1. The number of hydrogen-bond acceptors (Lipinski definition) is 7. The van der Waals surface area contributed by atoms with E-state index in [0.29, 0.717) is 24.7 Å². The summed E-state index contributed by atoms with van der Waals surface area (Å²) in [5.41, 5.74) is 12.3. The van der Waals surface area contributed by atoms with Gasteiger partial charge in [0.05, 0.1) is 6.61 Å². The molecule has 1 aromatic heterocycles. The topological polar surface area (TPSA) is 119 Å². The van der Waals surface area contributed by atoms with Crippen molar-refractivity contribution in [1.82, 2.24) is 15.3 Å². The molecule has 8 nitrogen and oxygen atoms in total. The summed E-state index contributed by atoms with van der Waals surface area (Å²) in [5, 5.41) is 2.91. The number of aromatic nitrogens is 2. The molecule has 1 aliphatic rings. The van der Waals surface area contributed by atoms with E-state index in [1.54, 1.807) is 0 Å². The molecule has 0 bridgehead atoms. The van der Waals surface area contributed by atoms with Gasteiger partial charge >= 0.3 is 6.01 Å². The summed E-state index contributed by atoms with van der Waals surface area (Å²) in [4.78, 5) is 21.7. The highest BCUT2D eigenvalue weighted by atomic mass is 16.5. The molecule has 5 N–H and O–H groups in total. The van der Waals surface area contributed by atoms with Gasteiger partial charge in [-0.3, -0.25) is 4.79 Å². The summed E-state index contributed by atoms with van der Waals surface area (Å²) in [6, 6.07) is 0.312. The van der Waals surface area contributed by atoms with Crippen LogP contribution in [0.15, 0.2) is 0 Å². The number of nitrogens with zero attached hydrogens (tertiary/aromatic N) is 3. The van der Waals surface area contributed by atoms with Gasteiger partial charge in [-0.25, -0.2) is 0 Å². The van der Waals surface area contributed by atoms with Gasteiger partial charge in [0.15, 0.2) is 11.6 Å². The molecular formula is C15H26N6O2. The minimum Gasteiger partial charge on any atom is -0.463 e. The van der Waals surface area contributed by atoms with Crippen LogP contribution in [0.2, 0.25) is 0 Å². The predicted molar refractivity (Wildman–Crippen MR) is 90.2 cm³/mol. The van der Waals surface area contributed by atoms with Gasteiger partial charge in [0.2, 0.25) is 5.91 Å². The van der Waals surface area contributed by atoms with Crippen LogP contribution in [0.25, 0.3) is 0 Å². The molecule has 1 aliphatic heterocycles. The second-order valence-electron chi connectivity index (χ2n) is 7.11. The summed E-state index contributed by atoms with van der Waals surface area (Å²) in [6.45, 7) is 9.55. The average molecular weight is 322 g/mol. The van der Waals surface area contributed by atoms with E-state index in [1.807, 2.05) is 4.90 Å². The first-order valence-corrected chi connectivity index (χ1v) is 7.73. The number of amides is 1. The summed E-state index contributed by atoms with van der Waals surface area (Å²) < 4.78 is 5.64. The van der Waals surface area contributed by atoms with Crippen molar-refractivity contribution in [1.29, 1.82) is 0 Å². The van der Waals surface area contributed by atoms with Crippen molar-refractivity contribution in [3.05, 3.63) is 0 Å². The molecule has 0 saturated carbocycles. The van der Waals surface area contributed by atoms with Crippen LogP contribution in [-0.2, 0) is 4.79 Å². The fourth-order valence-corrected chi connectivity index (χ4v) is 2.40. The lowest BCUT2D eigenvalue weighted by Crippen LogP contribution is -2.36. The molecular weight excluding hydrogens is 296 g/mol. The van der Waals surface area contributed by atoms with E-state index in [4.69, 9.17) is 16.2 Å². The average Bonchev–Trinajstić information content (AvgIpc) is 2.86. The Morgan fingerprint density at radius 3 is 2.70 bits per heavy atom. The van der Waals surface area contributed by atoms with Crippen molar-refractivity contribution in [2.45, 2.75) is 40.2 Å². The van der Waals surface area contributed by atoms with Crippen LogP contribution in [0.3, 0.4) is 0 Å². The number of hydrogen-bond donors (Lipinski definition) is 3. The maximum atomic E-state index is 11.2. The smallest absolute Gasteiger partial charge is 0.320 e. The van der Waals surface area contributed by atoms with E-state index in [2.05, 4.69) is 36.1 Å². The zero-order valence-corrected chi connectivity index (χ0v) is 14.2. The summed E-state index contributed by atoms with van der Waals surface area (Å²) in [7, 11) is 0. The van der Waals surface area contributed by atoms with Gasteiger partial charge in [0, 0.05) is 26.1 Å². The number of rotatable bonds is 4. The SMILES string of the molecule is CC(=O)NC1CCN(c2nc(OCC(C)(C)C)nc(N)c2N)C1. The largest absolute Gasteiger partial charge is 0.463 e. The minimum atomic E-state index is -0.0405. The Balaban J connectivity index is 2.15. The highest BCUT2D eigenvalue weighted by Crippen LogP contribution is 2.30. The molecule has 2 heterocycles. The molecule has 23 heavy (non-hydrogen) atoms. The quantitative estimate of drug-likeness (QED) is 0.749. The fourth-order valence-electron chi connectivity index (χ4n) is 2.40. The monoisotopic (exact) mass is 322 g/mol. The molecule has 128 valence electrons. The van der Waals surface area contributed by atoms with Gasteiger partial charge in [0.1, 0.15) is 5.69 Å². The van der Waals surface area contributed by atoms with Gasteiger partial charge in [-0.2, -0.15) is 9.97 Å². The molecule has 1 aromatic rings. The second-order valence-corrected chi connectivity index (χ2v) is 7.11. The molecule has 0 aromatic carbocycles. The van der Waals surface area contributed by atoms with Crippen molar-refractivity contribution in [2.24, 2.45) is 5.41 Å². The van der Waals surface area contributed by atoms with Crippen LogP contribution < -0.4 is 26.4 Å². The van der Waals surface area contributed by atoms with Crippen molar-refractivity contribution in [3.63, 3.8) is 0 Å². The molecule has 0 radical (unpaired) electrons. The predicted octanol–water partition coefficient (Wildman–Crippen LogP) is 0.781. The number of nitrogen functional groups attached to an aromatic ring is 2. The highest BCUT2D eigenvalue weighted by molar-refractivity contribution is 5.75. The molecule has 0 aliphatic carbocycles. The van der Waals surface area contributed by atoms with Crippen LogP contribution in [0.1, 0.15) is 34.1 Å². The molecule has 1 fully saturated rings. The van der Waals surface area contributed by atoms with Gasteiger partial charge < -0.3 is 26.4 Å². The van der Waals surface area contributed by atoms with Crippen LogP contribution in [-0.4, -0.2) is 41.6 Å². The van der Waals surface area contributed by atoms with Crippen LogP contribution in [0.5, 0.6) is 6.01 Å². The number of nitrogens with two attached hydrogens (primary N) is 2. The first kappa shape index (κ1) is 17.1. The molecule has 1 saturated heterocycles. The fraction of sp³-hybridized carbons (Fsp3) is 0.667. The number of nitrogens with one attached hydrogen (secondary N) is 1. The Hall–Kier alpha value is -2.25. The summed E-state index contributed by atoms with van der Waals surface area (Å²) in [6.07, 6.45) is 0.834. The van der Waals surface area contributed by atoms with E-state index in [9.17, 15) is 4.79 Å². The first-order chi connectivity index (χ1) is 10.7. The van der Waals surface area contributed by atoms with E-state index in [1.165, 1.54) is 6.92 Å². The lowest BCUT2D eigenvalue weighted by atomic mass is 9.99. The van der Waals surface area contributed by atoms with Crippen molar-refractivity contribution < 1.29 is 9.53 Å². The Kier molecular flexibility index (Phi) is 4.82. The maximum Gasteiger partial charge on any atom is 0.320 e. The lowest BCUT2D eigenvalue weighted by molar-refractivity contribution is -0.119. The van der Waals surface area contributed by atoms with Gasteiger partial charge in [-0.05, 0) is 11.8 Å². The Morgan fingerprint density at radius 1 is 1.39 bits per heavy atom. The van der Waals surface area contributed by atoms with E-state index >= 15 is 0 Å². The van der Waals surface area contributed by atoms with Gasteiger partial charge in [-0.15, -0.1) is 0 Å².